The maximum Gasteiger partial charge on any atom is 0.245 e. The second-order valence-electron chi connectivity index (χ2n) is 21.1. The number of H-pyrrole nitrogens is 1. The van der Waals surface area contributed by atoms with Crippen molar-refractivity contribution in [2.75, 3.05) is 65.4 Å². The number of nitrogens with one attached hydrogen (secondary N) is 12. The summed E-state index contributed by atoms with van der Waals surface area (Å²) in [5, 5.41) is 34.3. The first kappa shape index (κ1) is 74.0. The van der Waals surface area contributed by atoms with E-state index in [2.05, 4.69) is 63.1 Å². The molecular formula is C53H100N22O10. The number of aromatic amines is 1. The lowest BCUT2D eigenvalue weighted by Gasteiger charge is -2.30. The van der Waals surface area contributed by atoms with E-state index < -0.39 is 120 Å². The van der Waals surface area contributed by atoms with Gasteiger partial charge in [-0.25, -0.2) is 4.98 Å². The van der Waals surface area contributed by atoms with Crippen LogP contribution in [0.25, 0.3) is 0 Å². The molecule has 0 radical (unpaired) electrons. The Kier molecular flexibility index (Phi) is 37.1. The molecule has 1 aliphatic heterocycles. The SMILES string of the molecule is C[C@H](NC(=O)[C@H](CCN)NC(=O)[C@@H](N)CCCCN)C(=O)NCC(=O)N[C@H](CCCN)C(=O)N1CCC[C@H]1C(=O)N[C@@H](Cc1cnc[nH]1)C(=O)N[C@@H](CCCCN)C(=O)N[C@H](CCCNC(=N)N)C(=O)N[C@@H](CCCCN)C(=O)NCCCCN. The number of imidazole rings is 1. The summed E-state index contributed by atoms with van der Waals surface area (Å²) >= 11 is 0. The van der Waals surface area contributed by atoms with Gasteiger partial charge in [-0.15, -0.1) is 0 Å². The fourth-order valence-electron chi connectivity index (χ4n) is 9.22. The Bertz CT molecular complexity index is 2230. The van der Waals surface area contributed by atoms with Crippen molar-refractivity contribution in [1.82, 2.24) is 68.0 Å². The molecule has 0 saturated carbocycles. The third kappa shape index (κ3) is 29.0. The van der Waals surface area contributed by atoms with E-state index in [-0.39, 0.29) is 96.5 Å². The molecular weight excluding hydrogens is 1100 g/mol. The van der Waals surface area contributed by atoms with Gasteiger partial charge < -0.3 is 109 Å². The number of likely N-dealkylation sites (tertiary alicyclic amines) is 1. The molecule has 28 N–H and O–H groups in total. The van der Waals surface area contributed by atoms with Gasteiger partial charge in [0.2, 0.25) is 59.1 Å². The highest BCUT2D eigenvalue weighted by Gasteiger charge is 2.40. The molecule has 85 heavy (non-hydrogen) atoms. The molecule has 1 aliphatic rings. The van der Waals surface area contributed by atoms with Crippen molar-refractivity contribution in [3.63, 3.8) is 0 Å². The molecule has 0 aromatic carbocycles. The average molecular weight is 1210 g/mol. The van der Waals surface area contributed by atoms with Gasteiger partial charge >= 0.3 is 0 Å². The zero-order chi connectivity index (χ0) is 63.1. The normalized spacial score (nSPS) is 15.7. The summed E-state index contributed by atoms with van der Waals surface area (Å²) in [5.41, 5.74) is 46.1. The van der Waals surface area contributed by atoms with Crippen LogP contribution in [-0.4, -0.2) is 200 Å². The summed E-state index contributed by atoms with van der Waals surface area (Å²) in [6.07, 6.45) is 9.18. The first-order valence-corrected chi connectivity index (χ1v) is 29.7. The first-order valence-electron chi connectivity index (χ1n) is 29.7. The predicted octanol–water partition coefficient (Wildman–Crippen LogP) is -6.61. The average Bonchev–Trinajstić information content (AvgIpc) is 4.31. The largest absolute Gasteiger partial charge is 0.370 e. The molecule has 1 fully saturated rings. The zero-order valence-electron chi connectivity index (χ0n) is 49.5. The molecule has 0 bridgehead atoms. The Morgan fingerprint density at radius 1 is 0.553 bits per heavy atom. The molecule has 2 heterocycles. The van der Waals surface area contributed by atoms with Crippen LogP contribution in [0.5, 0.6) is 0 Å². The summed E-state index contributed by atoms with van der Waals surface area (Å²) in [7, 11) is 0. The molecule has 0 unspecified atom stereocenters. The van der Waals surface area contributed by atoms with Gasteiger partial charge in [-0.1, -0.05) is 6.42 Å². The lowest BCUT2D eigenvalue weighted by atomic mass is 10.0. The van der Waals surface area contributed by atoms with Crippen LogP contribution in [0.2, 0.25) is 0 Å². The standard InChI is InChI=1S/C53H100N22O10/c1-33(68-47(80)39(19-25-59)70-45(78)35(60)13-2-5-20-54)44(77)66-31-43(76)69-40(16-10-24-58)52(85)75-28-12-18-42(75)51(84)74-41(29-34-30-63-32-67-34)50(83)73-37(15-4-7-22-56)48(81)72-38(17-11-27-65-53(61)62)49(82)71-36(14-3-6-21-55)46(79)64-26-9-8-23-57/h30,32-33,35-42H,2-29,31,54-60H2,1H3,(H,63,67)(H,64,79)(H,66,77)(H,68,80)(H,69,76)(H,70,78)(H,71,82)(H,72,81)(H,73,83)(H,74,84)(H4,61,62,65)/t33-,35-,36-,37-,38+,39-,40+,41-,42-/m0/s1. The van der Waals surface area contributed by atoms with Crippen molar-refractivity contribution in [2.24, 2.45) is 45.9 Å². The van der Waals surface area contributed by atoms with E-state index >= 15 is 0 Å². The van der Waals surface area contributed by atoms with Gasteiger partial charge in [0.05, 0.1) is 18.9 Å². The van der Waals surface area contributed by atoms with Crippen molar-refractivity contribution in [3.8, 4) is 0 Å². The van der Waals surface area contributed by atoms with Gasteiger partial charge in [-0.2, -0.15) is 0 Å². The van der Waals surface area contributed by atoms with Crippen molar-refractivity contribution < 1.29 is 47.9 Å². The van der Waals surface area contributed by atoms with E-state index in [1.165, 1.54) is 24.3 Å². The number of nitrogens with zero attached hydrogens (tertiary/aromatic N) is 2. The first-order chi connectivity index (χ1) is 40.7. The zero-order valence-corrected chi connectivity index (χ0v) is 49.5. The Hall–Kier alpha value is -7.10. The number of aromatic nitrogens is 2. The molecule has 32 nitrogen and oxygen atoms in total. The molecule has 10 amide bonds. The van der Waals surface area contributed by atoms with Gasteiger partial charge in [0.25, 0.3) is 0 Å². The van der Waals surface area contributed by atoms with Gasteiger partial charge in [0.1, 0.15) is 48.3 Å². The van der Waals surface area contributed by atoms with Crippen LogP contribution in [0.3, 0.4) is 0 Å². The fraction of sp³-hybridized carbons (Fsp3) is 0.736. The molecule has 9 atom stereocenters. The molecule has 0 spiro atoms. The number of carbonyl (C=O) groups excluding carboxylic acids is 10. The number of unbranched alkanes of at least 4 members (excludes halogenated alkanes) is 4. The highest BCUT2D eigenvalue weighted by molar-refractivity contribution is 5.98. The maximum absolute atomic E-state index is 14.5. The summed E-state index contributed by atoms with van der Waals surface area (Å²) in [6.45, 7) is 3.10. The minimum Gasteiger partial charge on any atom is -0.370 e. The number of amides is 10. The van der Waals surface area contributed by atoms with Crippen molar-refractivity contribution in [2.45, 2.75) is 183 Å². The second-order valence-corrected chi connectivity index (χ2v) is 21.1. The van der Waals surface area contributed by atoms with Crippen LogP contribution in [-0.2, 0) is 54.4 Å². The topological polar surface area (TPSA) is 555 Å². The third-order valence-electron chi connectivity index (χ3n) is 14.1. The van der Waals surface area contributed by atoms with Crippen LogP contribution in [0.15, 0.2) is 12.5 Å². The van der Waals surface area contributed by atoms with E-state index in [1.54, 1.807) is 0 Å². The second kappa shape index (κ2) is 42.7. The number of carbonyl (C=O) groups is 10. The van der Waals surface area contributed by atoms with Crippen LogP contribution >= 0.6 is 0 Å². The number of rotatable bonds is 45. The molecule has 2 rings (SSSR count). The van der Waals surface area contributed by atoms with E-state index in [0.717, 1.165) is 0 Å². The van der Waals surface area contributed by atoms with Gasteiger partial charge in [0, 0.05) is 37.9 Å². The molecule has 1 aromatic rings. The molecule has 482 valence electrons. The number of hydrogen-bond donors (Lipinski definition) is 20. The predicted molar refractivity (Wildman–Crippen MR) is 318 cm³/mol. The van der Waals surface area contributed by atoms with E-state index in [0.29, 0.717) is 96.1 Å². The smallest absolute Gasteiger partial charge is 0.245 e. The lowest BCUT2D eigenvalue weighted by molar-refractivity contribution is -0.142. The van der Waals surface area contributed by atoms with E-state index in [4.69, 9.17) is 51.3 Å². The molecule has 32 heteroatoms. The summed E-state index contributed by atoms with van der Waals surface area (Å²) in [5.74, 6) is -7.04. The number of nitrogens with two attached hydrogens (primary N) is 8. The van der Waals surface area contributed by atoms with Crippen LogP contribution in [0.4, 0.5) is 0 Å². The van der Waals surface area contributed by atoms with Gasteiger partial charge in [-0.3, -0.25) is 53.4 Å². The van der Waals surface area contributed by atoms with Crippen LogP contribution in [0.1, 0.15) is 128 Å². The van der Waals surface area contributed by atoms with Crippen molar-refractivity contribution in [1.29, 1.82) is 5.41 Å². The molecule has 1 saturated heterocycles. The summed E-state index contributed by atoms with van der Waals surface area (Å²) in [6, 6.07) is -10.3. The van der Waals surface area contributed by atoms with Gasteiger partial charge in [-0.05, 0) is 155 Å². The van der Waals surface area contributed by atoms with Crippen LogP contribution in [0, 0.1) is 5.41 Å². The van der Waals surface area contributed by atoms with Crippen molar-refractivity contribution in [3.05, 3.63) is 18.2 Å². The molecule has 0 aliphatic carbocycles. The van der Waals surface area contributed by atoms with Gasteiger partial charge in [0.15, 0.2) is 5.96 Å². The summed E-state index contributed by atoms with van der Waals surface area (Å²) in [4.78, 5) is 146. The Morgan fingerprint density at radius 3 is 1.62 bits per heavy atom. The van der Waals surface area contributed by atoms with Crippen molar-refractivity contribution >= 4 is 65.0 Å². The van der Waals surface area contributed by atoms with E-state index in [1.807, 2.05) is 0 Å². The maximum atomic E-state index is 14.5. The number of hydrogen-bond acceptors (Lipinski definition) is 19. The Morgan fingerprint density at radius 2 is 1.06 bits per heavy atom. The Balaban J connectivity index is 2.30. The number of guanidine groups is 1. The van der Waals surface area contributed by atoms with E-state index in [9.17, 15) is 47.9 Å². The highest BCUT2D eigenvalue weighted by Crippen LogP contribution is 2.21. The minimum absolute atomic E-state index is 0.0338. The Labute approximate surface area is 497 Å². The fourth-order valence-corrected chi connectivity index (χ4v) is 9.22. The third-order valence-corrected chi connectivity index (χ3v) is 14.1. The highest BCUT2D eigenvalue weighted by atomic mass is 16.2. The molecule has 1 aromatic heterocycles. The quantitative estimate of drug-likeness (QED) is 0.0164. The minimum atomic E-state index is -1.35. The monoisotopic (exact) mass is 1200 g/mol. The van der Waals surface area contributed by atoms with Crippen LogP contribution < -0.4 is 99.0 Å². The summed E-state index contributed by atoms with van der Waals surface area (Å²) < 4.78 is 0. The lowest BCUT2D eigenvalue weighted by Crippen LogP contribution is -2.60.